The number of aromatic carboxylic acids is 1. The summed E-state index contributed by atoms with van der Waals surface area (Å²) in [5.41, 5.74) is 2.60. The van der Waals surface area contributed by atoms with Crippen LogP contribution in [0.15, 0.2) is 41.3 Å². The Hall–Kier alpha value is -2.54. The quantitative estimate of drug-likeness (QED) is 0.788. The number of aryl methyl sites for hydroxylation is 2. The number of nitrogens with one attached hydrogen (secondary N) is 1. The van der Waals surface area contributed by atoms with Gasteiger partial charge < -0.3 is 10.0 Å². The molecule has 1 fully saturated rings. The zero-order valence-corrected chi connectivity index (χ0v) is 17.2. The van der Waals surface area contributed by atoms with Crippen LogP contribution in [-0.4, -0.2) is 32.6 Å². The zero-order valence-electron chi connectivity index (χ0n) is 16.4. The number of carboxylic acids is 1. The van der Waals surface area contributed by atoms with E-state index in [1.807, 2.05) is 6.92 Å². The smallest absolute Gasteiger partial charge is 0.337 e. The maximum atomic E-state index is 12.8. The van der Waals surface area contributed by atoms with Crippen LogP contribution in [0.3, 0.4) is 0 Å². The van der Waals surface area contributed by atoms with Crippen LogP contribution in [0.1, 0.15) is 41.3 Å². The van der Waals surface area contributed by atoms with Gasteiger partial charge in [-0.05, 0) is 62.4 Å². The second-order valence-electron chi connectivity index (χ2n) is 7.58. The molecule has 0 aliphatic carbocycles. The molecule has 1 aliphatic rings. The van der Waals surface area contributed by atoms with Gasteiger partial charge in [-0.25, -0.2) is 13.2 Å². The number of nitrogens with zero attached hydrogens (tertiary/aromatic N) is 1. The molecular formula is C21H26N2O4S. The standard InChI is InChI=1S/C21H26N2O4S/c1-14-8-10-23(11-9-14)19-6-5-17(13-18(19)21(24)25)22-28(26,27)20-7-4-15(2)12-16(20)3/h4-7,12-14,22H,8-11H2,1-3H3,(H,24,25). The summed E-state index contributed by atoms with van der Waals surface area (Å²) < 4.78 is 28.1. The summed E-state index contributed by atoms with van der Waals surface area (Å²) in [5, 5.41) is 9.66. The number of carboxylic acid groups (broad SMARTS) is 1. The Balaban J connectivity index is 1.90. The number of hydrogen-bond acceptors (Lipinski definition) is 4. The minimum Gasteiger partial charge on any atom is -0.478 e. The number of benzene rings is 2. The van der Waals surface area contributed by atoms with E-state index >= 15 is 0 Å². The van der Waals surface area contributed by atoms with Gasteiger partial charge in [-0.1, -0.05) is 24.6 Å². The molecule has 0 bridgehead atoms. The molecule has 3 rings (SSSR count). The third-order valence-corrected chi connectivity index (χ3v) is 6.76. The number of sulfonamides is 1. The molecule has 2 N–H and O–H groups in total. The van der Waals surface area contributed by atoms with Gasteiger partial charge in [0.15, 0.2) is 0 Å². The van der Waals surface area contributed by atoms with Gasteiger partial charge in [0.2, 0.25) is 0 Å². The molecule has 150 valence electrons. The molecular weight excluding hydrogens is 376 g/mol. The molecule has 0 radical (unpaired) electrons. The van der Waals surface area contributed by atoms with Crippen LogP contribution in [0, 0.1) is 19.8 Å². The minimum atomic E-state index is -3.80. The number of piperidine rings is 1. The van der Waals surface area contributed by atoms with Crippen molar-refractivity contribution in [2.45, 2.75) is 38.5 Å². The molecule has 2 aromatic carbocycles. The molecule has 0 atom stereocenters. The lowest BCUT2D eigenvalue weighted by atomic mass is 9.98. The Bertz CT molecular complexity index is 993. The molecule has 0 spiro atoms. The van der Waals surface area contributed by atoms with E-state index in [-0.39, 0.29) is 16.1 Å². The first kappa shape index (κ1) is 20.2. The third kappa shape index (κ3) is 4.30. The Morgan fingerprint density at radius 1 is 1.11 bits per heavy atom. The lowest BCUT2D eigenvalue weighted by molar-refractivity contribution is 0.0697. The first-order chi connectivity index (χ1) is 13.2. The molecule has 1 aliphatic heterocycles. The third-order valence-electron chi connectivity index (χ3n) is 5.22. The van der Waals surface area contributed by atoms with Crippen molar-refractivity contribution >= 4 is 27.4 Å². The largest absolute Gasteiger partial charge is 0.478 e. The molecule has 0 saturated carbocycles. The van der Waals surface area contributed by atoms with Crippen molar-refractivity contribution in [3.05, 3.63) is 53.1 Å². The number of hydrogen-bond donors (Lipinski definition) is 2. The van der Waals surface area contributed by atoms with Crippen molar-refractivity contribution in [1.82, 2.24) is 0 Å². The highest BCUT2D eigenvalue weighted by Gasteiger charge is 2.23. The van der Waals surface area contributed by atoms with Crippen molar-refractivity contribution in [3.63, 3.8) is 0 Å². The average molecular weight is 403 g/mol. The average Bonchev–Trinajstić information content (AvgIpc) is 2.61. The summed E-state index contributed by atoms with van der Waals surface area (Å²) in [6.07, 6.45) is 2.03. The highest BCUT2D eigenvalue weighted by Crippen LogP contribution is 2.30. The monoisotopic (exact) mass is 402 g/mol. The van der Waals surface area contributed by atoms with Crippen molar-refractivity contribution in [2.75, 3.05) is 22.7 Å². The van der Waals surface area contributed by atoms with Gasteiger partial charge in [0.05, 0.1) is 16.1 Å². The van der Waals surface area contributed by atoms with Crippen molar-refractivity contribution in [2.24, 2.45) is 5.92 Å². The summed E-state index contributed by atoms with van der Waals surface area (Å²) in [6.45, 7) is 7.44. The predicted molar refractivity (Wildman–Crippen MR) is 111 cm³/mol. The van der Waals surface area contributed by atoms with Crippen LogP contribution in [0.4, 0.5) is 11.4 Å². The van der Waals surface area contributed by atoms with E-state index in [1.54, 1.807) is 37.3 Å². The summed E-state index contributed by atoms with van der Waals surface area (Å²) >= 11 is 0. The van der Waals surface area contributed by atoms with Crippen molar-refractivity contribution in [1.29, 1.82) is 0 Å². The highest BCUT2D eigenvalue weighted by molar-refractivity contribution is 7.92. The predicted octanol–water partition coefficient (Wildman–Crippen LogP) is 4.04. The maximum Gasteiger partial charge on any atom is 0.337 e. The van der Waals surface area contributed by atoms with Gasteiger partial charge in [-0.3, -0.25) is 4.72 Å². The van der Waals surface area contributed by atoms with E-state index in [9.17, 15) is 18.3 Å². The molecule has 0 unspecified atom stereocenters. The Morgan fingerprint density at radius 2 is 1.79 bits per heavy atom. The summed E-state index contributed by atoms with van der Waals surface area (Å²) in [7, 11) is -3.80. The number of anilines is 2. The molecule has 2 aromatic rings. The Kier molecular flexibility index (Phi) is 5.65. The first-order valence-corrected chi connectivity index (χ1v) is 10.9. The van der Waals surface area contributed by atoms with Gasteiger partial charge >= 0.3 is 5.97 Å². The lowest BCUT2D eigenvalue weighted by Crippen LogP contribution is -2.33. The Labute approximate surface area is 166 Å². The fourth-order valence-electron chi connectivity index (χ4n) is 3.61. The van der Waals surface area contributed by atoms with Crippen LogP contribution in [0.5, 0.6) is 0 Å². The summed E-state index contributed by atoms with van der Waals surface area (Å²) in [4.78, 5) is 14.0. The van der Waals surface area contributed by atoms with Crippen LogP contribution < -0.4 is 9.62 Å². The molecule has 1 saturated heterocycles. The first-order valence-electron chi connectivity index (χ1n) is 9.40. The second kappa shape index (κ2) is 7.83. The normalized spacial score (nSPS) is 15.5. The van der Waals surface area contributed by atoms with Crippen molar-refractivity contribution in [3.8, 4) is 0 Å². The summed E-state index contributed by atoms with van der Waals surface area (Å²) in [5.74, 6) is -0.436. The number of rotatable bonds is 5. The van der Waals surface area contributed by atoms with E-state index < -0.39 is 16.0 Å². The van der Waals surface area contributed by atoms with Crippen LogP contribution >= 0.6 is 0 Å². The van der Waals surface area contributed by atoms with Gasteiger partial charge in [-0.15, -0.1) is 0 Å². The molecule has 0 amide bonds. The van der Waals surface area contributed by atoms with E-state index in [2.05, 4.69) is 16.5 Å². The highest BCUT2D eigenvalue weighted by atomic mass is 32.2. The van der Waals surface area contributed by atoms with Gasteiger partial charge in [0, 0.05) is 18.8 Å². The molecule has 28 heavy (non-hydrogen) atoms. The molecule has 6 nitrogen and oxygen atoms in total. The topological polar surface area (TPSA) is 86.7 Å². The number of carbonyl (C=O) groups is 1. The van der Waals surface area contributed by atoms with E-state index in [0.717, 1.165) is 31.5 Å². The molecule has 0 aromatic heterocycles. The zero-order chi connectivity index (χ0) is 20.5. The Morgan fingerprint density at radius 3 is 2.39 bits per heavy atom. The summed E-state index contributed by atoms with van der Waals surface area (Å²) in [6, 6.07) is 9.83. The van der Waals surface area contributed by atoms with Gasteiger partial charge in [-0.2, -0.15) is 0 Å². The lowest BCUT2D eigenvalue weighted by Gasteiger charge is -2.33. The van der Waals surface area contributed by atoms with Crippen molar-refractivity contribution < 1.29 is 18.3 Å². The second-order valence-corrected chi connectivity index (χ2v) is 9.23. The maximum absolute atomic E-state index is 12.8. The molecule has 1 heterocycles. The van der Waals surface area contributed by atoms with E-state index in [4.69, 9.17) is 0 Å². The van der Waals surface area contributed by atoms with Gasteiger partial charge in [0.25, 0.3) is 10.0 Å². The van der Waals surface area contributed by atoms with E-state index in [0.29, 0.717) is 17.2 Å². The van der Waals surface area contributed by atoms with Gasteiger partial charge in [0.1, 0.15) is 0 Å². The van der Waals surface area contributed by atoms with Crippen LogP contribution in [0.2, 0.25) is 0 Å². The fourth-order valence-corrected chi connectivity index (χ4v) is 4.88. The van der Waals surface area contributed by atoms with E-state index in [1.165, 1.54) is 6.07 Å². The fraction of sp³-hybridized carbons (Fsp3) is 0.381. The SMILES string of the molecule is Cc1ccc(S(=O)(=O)Nc2ccc(N3CCC(C)CC3)c(C(=O)O)c2)c(C)c1. The molecule has 7 heteroatoms. The van der Waals surface area contributed by atoms with Crippen LogP contribution in [0.25, 0.3) is 0 Å². The van der Waals surface area contributed by atoms with Crippen LogP contribution in [-0.2, 0) is 10.0 Å². The minimum absolute atomic E-state index is 0.107.